The number of ether oxygens (including phenoxy) is 1. The molecule has 0 unspecified atom stereocenters. The molecule has 1 N–H and O–H groups in total. The molecule has 1 aromatic rings. The summed E-state index contributed by atoms with van der Waals surface area (Å²) in [5.41, 5.74) is 1.58. The van der Waals surface area contributed by atoms with Gasteiger partial charge in [0.15, 0.2) is 0 Å². The zero-order valence-electron chi connectivity index (χ0n) is 10.0. The van der Waals surface area contributed by atoms with Gasteiger partial charge in [0.05, 0.1) is 18.0 Å². The predicted octanol–water partition coefficient (Wildman–Crippen LogP) is 2.49. The summed E-state index contributed by atoms with van der Waals surface area (Å²) in [5.74, 6) is 0.210. The first-order chi connectivity index (χ1) is 7.79. The largest absolute Gasteiger partial charge is 0.522 e. The van der Waals surface area contributed by atoms with Crippen LogP contribution in [0, 0.1) is 0 Å². The van der Waals surface area contributed by atoms with E-state index in [9.17, 15) is 13.2 Å². The summed E-state index contributed by atoms with van der Waals surface area (Å²) in [6, 6.07) is 0. The molecule has 0 spiro atoms. The molecule has 0 amide bonds. The first-order valence-corrected chi connectivity index (χ1v) is 5.27. The summed E-state index contributed by atoms with van der Waals surface area (Å²) < 4.78 is 40.5. The average Bonchev–Trinajstić information content (AvgIpc) is 2.53. The number of nitrogens with one attached hydrogen (secondary N) is 1. The molecule has 0 fully saturated rings. The fourth-order valence-corrected chi connectivity index (χ4v) is 1.42. The molecular weight excluding hydrogens is 235 g/mol. The highest BCUT2D eigenvalue weighted by atomic mass is 19.4. The molecule has 0 saturated heterocycles. The summed E-state index contributed by atoms with van der Waals surface area (Å²) >= 11 is 0. The van der Waals surface area contributed by atoms with Gasteiger partial charge in [-0.3, -0.25) is 9.42 Å². The summed E-state index contributed by atoms with van der Waals surface area (Å²) in [7, 11) is 1.77. The zero-order chi connectivity index (χ0) is 13.1. The highest BCUT2D eigenvalue weighted by Gasteiger charge is 2.28. The van der Waals surface area contributed by atoms with Crippen LogP contribution in [0.1, 0.15) is 25.5 Å². The van der Waals surface area contributed by atoms with E-state index in [-0.39, 0.29) is 12.5 Å². The number of rotatable bonds is 5. The Morgan fingerprint density at radius 2 is 2.12 bits per heavy atom. The molecule has 4 nitrogen and oxygen atoms in total. The number of hydrogen-bond acceptors (Lipinski definition) is 3. The van der Waals surface area contributed by atoms with Crippen LogP contribution in [-0.4, -0.2) is 29.3 Å². The van der Waals surface area contributed by atoms with Gasteiger partial charge in [0.2, 0.25) is 0 Å². The second kappa shape index (κ2) is 5.39. The molecule has 0 aliphatic rings. The van der Waals surface area contributed by atoms with Crippen molar-refractivity contribution in [2.75, 3.05) is 18.5 Å². The summed E-state index contributed by atoms with van der Waals surface area (Å²) in [4.78, 5) is 0. The molecule has 1 aromatic heterocycles. The maximum Gasteiger partial charge on any atom is 0.522 e. The van der Waals surface area contributed by atoms with Crippen LogP contribution >= 0.6 is 0 Å². The Balaban J connectivity index is 2.46. The maximum atomic E-state index is 11.7. The number of aromatic nitrogens is 2. The Kier molecular flexibility index (Phi) is 4.39. The topological polar surface area (TPSA) is 39.1 Å². The van der Waals surface area contributed by atoms with E-state index < -0.39 is 13.0 Å². The first-order valence-electron chi connectivity index (χ1n) is 5.27. The van der Waals surface area contributed by atoms with Crippen LogP contribution in [0.15, 0.2) is 6.20 Å². The number of anilines is 1. The van der Waals surface area contributed by atoms with Gasteiger partial charge in [0.1, 0.15) is 0 Å². The smallest absolute Gasteiger partial charge is 0.380 e. The SMILES string of the molecule is CC(C)c1nn(C)cc1NCCOC(F)(F)F. The van der Waals surface area contributed by atoms with Gasteiger partial charge in [-0.25, -0.2) is 0 Å². The highest BCUT2D eigenvalue weighted by Crippen LogP contribution is 2.22. The fourth-order valence-electron chi connectivity index (χ4n) is 1.42. The molecular formula is C10H16F3N3O. The van der Waals surface area contributed by atoms with Crippen molar-refractivity contribution in [2.24, 2.45) is 7.05 Å². The molecule has 1 heterocycles. The molecule has 7 heteroatoms. The Labute approximate surface area is 97.8 Å². The predicted molar refractivity (Wildman–Crippen MR) is 57.8 cm³/mol. The Morgan fingerprint density at radius 1 is 1.47 bits per heavy atom. The zero-order valence-corrected chi connectivity index (χ0v) is 10.0. The molecule has 0 radical (unpaired) electrons. The average molecular weight is 251 g/mol. The van der Waals surface area contributed by atoms with Crippen LogP contribution in [0.5, 0.6) is 0 Å². The van der Waals surface area contributed by atoms with Gasteiger partial charge >= 0.3 is 6.36 Å². The van der Waals surface area contributed by atoms with Crippen molar-refractivity contribution < 1.29 is 17.9 Å². The van der Waals surface area contributed by atoms with E-state index in [1.807, 2.05) is 13.8 Å². The number of alkyl halides is 3. The Bertz CT molecular complexity index is 360. The Morgan fingerprint density at radius 3 is 2.65 bits per heavy atom. The van der Waals surface area contributed by atoms with Crippen molar-refractivity contribution in [1.82, 2.24) is 9.78 Å². The molecule has 0 atom stereocenters. The molecule has 17 heavy (non-hydrogen) atoms. The minimum atomic E-state index is -4.57. The van der Waals surface area contributed by atoms with E-state index in [0.29, 0.717) is 0 Å². The molecule has 98 valence electrons. The van der Waals surface area contributed by atoms with E-state index in [2.05, 4.69) is 15.2 Å². The van der Waals surface area contributed by atoms with Gasteiger partial charge in [-0.2, -0.15) is 5.10 Å². The second-order valence-electron chi connectivity index (χ2n) is 3.98. The van der Waals surface area contributed by atoms with E-state index in [4.69, 9.17) is 0 Å². The normalized spacial score (nSPS) is 12.2. The maximum absolute atomic E-state index is 11.7. The number of halogens is 3. The van der Waals surface area contributed by atoms with Crippen LogP contribution in [-0.2, 0) is 11.8 Å². The quantitative estimate of drug-likeness (QED) is 0.817. The van der Waals surface area contributed by atoms with Crippen molar-refractivity contribution in [2.45, 2.75) is 26.1 Å². The van der Waals surface area contributed by atoms with Gasteiger partial charge in [-0.1, -0.05) is 13.8 Å². The van der Waals surface area contributed by atoms with Crippen molar-refractivity contribution in [1.29, 1.82) is 0 Å². The number of hydrogen-bond donors (Lipinski definition) is 1. The monoisotopic (exact) mass is 251 g/mol. The third-order valence-corrected chi connectivity index (χ3v) is 2.09. The van der Waals surface area contributed by atoms with E-state index in [1.54, 1.807) is 17.9 Å². The van der Waals surface area contributed by atoms with Crippen LogP contribution in [0.3, 0.4) is 0 Å². The third kappa shape index (κ3) is 4.64. The summed E-state index contributed by atoms with van der Waals surface area (Å²) in [6.07, 6.45) is -2.83. The summed E-state index contributed by atoms with van der Waals surface area (Å²) in [6.45, 7) is 3.61. The van der Waals surface area contributed by atoms with Crippen molar-refractivity contribution >= 4 is 5.69 Å². The van der Waals surface area contributed by atoms with Crippen molar-refractivity contribution in [3.63, 3.8) is 0 Å². The lowest BCUT2D eigenvalue weighted by atomic mass is 10.1. The number of aryl methyl sites for hydroxylation is 1. The Hall–Kier alpha value is -1.24. The molecule has 0 saturated carbocycles. The molecule has 0 bridgehead atoms. The van der Waals surface area contributed by atoms with Crippen LogP contribution in [0.25, 0.3) is 0 Å². The molecule has 0 aromatic carbocycles. The van der Waals surface area contributed by atoms with E-state index in [1.165, 1.54) is 0 Å². The minimum absolute atomic E-state index is 0.0882. The van der Waals surface area contributed by atoms with Crippen LogP contribution in [0.2, 0.25) is 0 Å². The lowest BCUT2D eigenvalue weighted by Crippen LogP contribution is -2.19. The van der Waals surface area contributed by atoms with Crippen LogP contribution in [0.4, 0.5) is 18.9 Å². The fraction of sp³-hybridized carbons (Fsp3) is 0.700. The van der Waals surface area contributed by atoms with Gasteiger partial charge in [0.25, 0.3) is 0 Å². The van der Waals surface area contributed by atoms with Crippen molar-refractivity contribution in [3.05, 3.63) is 11.9 Å². The lowest BCUT2D eigenvalue weighted by molar-refractivity contribution is -0.322. The summed E-state index contributed by atoms with van der Waals surface area (Å²) in [5, 5.41) is 7.11. The van der Waals surface area contributed by atoms with Gasteiger partial charge in [0, 0.05) is 19.8 Å². The lowest BCUT2D eigenvalue weighted by Gasteiger charge is -2.10. The molecule has 1 rings (SSSR count). The van der Waals surface area contributed by atoms with Gasteiger partial charge < -0.3 is 5.32 Å². The van der Waals surface area contributed by atoms with Gasteiger partial charge in [-0.05, 0) is 5.92 Å². The third-order valence-electron chi connectivity index (χ3n) is 2.09. The molecule has 0 aliphatic carbocycles. The van der Waals surface area contributed by atoms with E-state index in [0.717, 1.165) is 11.4 Å². The van der Waals surface area contributed by atoms with E-state index >= 15 is 0 Å². The second-order valence-corrected chi connectivity index (χ2v) is 3.98. The van der Waals surface area contributed by atoms with Crippen LogP contribution < -0.4 is 5.32 Å². The molecule has 0 aliphatic heterocycles. The first kappa shape index (κ1) is 13.8. The highest BCUT2D eigenvalue weighted by molar-refractivity contribution is 5.47. The minimum Gasteiger partial charge on any atom is -0.380 e. The van der Waals surface area contributed by atoms with Gasteiger partial charge in [-0.15, -0.1) is 13.2 Å². The standard InChI is InChI=1S/C10H16F3N3O/c1-7(2)9-8(6-16(3)15-9)14-4-5-17-10(11,12)13/h6-7,14H,4-5H2,1-3H3. The number of nitrogens with zero attached hydrogens (tertiary/aromatic N) is 2. The van der Waals surface area contributed by atoms with Crippen molar-refractivity contribution in [3.8, 4) is 0 Å².